The van der Waals surface area contributed by atoms with Gasteiger partial charge in [-0.05, 0) is 49.6 Å². The van der Waals surface area contributed by atoms with Gasteiger partial charge < -0.3 is 4.90 Å². The molecular weight excluding hydrogens is 326 g/mol. The van der Waals surface area contributed by atoms with Crippen LogP contribution in [0.25, 0.3) is 0 Å². The highest BCUT2D eigenvalue weighted by Crippen LogP contribution is 2.21. The number of carbonyl (C=O) groups is 1. The van der Waals surface area contributed by atoms with Crippen molar-refractivity contribution in [1.82, 2.24) is 14.7 Å². The summed E-state index contributed by atoms with van der Waals surface area (Å²) in [5, 5.41) is 4.23. The molecule has 1 fully saturated rings. The van der Waals surface area contributed by atoms with Crippen LogP contribution in [0.5, 0.6) is 0 Å². The van der Waals surface area contributed by atoms with Crippen LogP contribution in [0, 0.1) is 0 Å². The molecule has 3 rings (SSSR count). The van der Waals surface area contributed by atoms with E-state index in [-0.39, 0.29) is 16.8 Å². The Labute approximate surface area is 142 Å². The van der Waals surface area contributed by atoms with E-state index in [9.17, 15) is 13.2 Å². The summed E-state index contributed by atoms with van der Waals surface area (Å²) in [6.45, 7) is 1.40. The smallest absolute Gasteiger partial charge is 0.254 e. The Morgan fingerprint density at radius 2 is 2.00 bits per heavy atom. The number of amides is 1. The maximum absolute atomic E-state index is 12.8. The molecule has 7 heteroatoms. The van der Waals surface area contributed by atoms with Crippen molar-refractivity contribution in [2.24, 2.45) is 0 Å². The standard InChI is InChI=1S/C17H21N3O3S/c1-24(22,23)16-8-6-14(7-9-16)17(21)20-12-3-2-5-15(20)13-19-11-4-10-18-19/h4,6-11,15H,2-3,5,12-13H2,1H3/t15-/m1/s1. The summed E-state index contributed by atoms with van der Waals surface area (Å²) >= 11 is 0. The summed E-state index contributed by atoms with van der Waals surface area (Å²) < 4.78 is 24.9. The molecule has 0 aliphatic carbocycles. The molecule has 0 spiro atoms. The molecule has 128 valence electrons. The van der Waals surface area contributed by atoms with E-state index < -0.39 is 9.84 Å². The molecule has 6 nitrogen and oxygen atoms in total. The lowest BCUT2D eigenvalue weighted by atomic mass is 10.0. The number of aromatic nitrogens is 2. The molecule has 2 heterocycles. The van der Waals surface area contributed by atoms with Crippen LogP contribution in [-0.2, 0) is 16.4 Å². The second kappa shape index (κ2) is 6.76. The average Bonchev–Trinajstić information content (AvgIpc) is 3.07. The van der Waals surface area contributed by atoms with E-state index >= 15 is 0 Å². The third kappa shape index (κ3) is 3.67. The highest BCUT2D eigenvalue weighted by atomic mass is 32.2. The SMILES string of the molecule is CS(=O)(=O)c1ccc(C(=O)N2CCCC[C@@H]2Cn2cccn2)cc1. The predicted molar refractivity (Wildman–Crippen MR) is 90.5 cm³/mol. The van der Waals surface area contributed by atoms with Crippen molar-refractivity contribution >= 4 is 15.7 Å². The van der Waals surface area contributed by atoms with Gasteiger partial charge in [0, 0.05) is 30.8 Å². The molecule has 1 aromatic carbocycles. The van der Waals surface area contributed by atoms with E-state index in [1.807, 2.05) is 21.8 Å². The van der Waals surface area contributed by atoms with Gasteiger partial charge in [0.05, 0.1) is 17.5 Å². The van der Waals surface area contributed by atoms with Crippen LogP contribution in [0.15, 0.2) is 47.6 Å². The van der Waals surface area contributed by atoms with Crippen molar-refractivity contribution in [3.05, 3.63) is 48.3 Å². The third-order valence-corrected chi connectivity index (χ3v) is 5.50. The quantitative estimate of drug-likeness (QED) is 0.848. The molecule has 1 atom stereocenters. The van der Waals surface area contributed by atoms with Gasteiger partial charge in [-0.1, -0.05) is 0 Å². The predicted octanol–water partition coefficient (Wildman–Crippen LogP) is 1.98. The maximum Gasteiger partial charge on any atom is 0.254 e. The molecular formula is C17H21N3O3S. The molecule has 24 heavy (non-hydrogen) atoms. The second-order valence-corrected chi connectivity index (χ2v) is 8.19. The Morgan fingerprint density at radius 3 is 2.62 bits per heavy atom. The summed E-state index contributed by atoms with van der Waals surface area (Å²) in [6.07, 6.45) is 7.84. The normalized spacial score (nSPS) is 18.5. The third-order valence-electron chi connectivity index (χ3n) is 4.37. The molecule has 0 bridgehead atoms. The van der Waals surface area contributed by atoms with E-state index in [0.29, 0.717) is 12.1 Å². The van der Waals surface area contributed by atoms with E-state index in [0.717, 1.165) is 32.1 Å². The van der Waals surface area contributed by atoms with Gasteiger partial charge in [0.25, 0.3) is 5.91 Å². The first kappa shape index (κ1) is 16.7. The van der Waals surface area contributed by atoms with E-state index in [2.05, 4.69) is 5.10 Å². The number of carbonyl (C=O) groups excluding carboxylic acids is 1. The van der Waals surface area contributed by atoms with Crippen molar-refractivity contribution in [3.8, 4) is 0 Å². The van der Waals surface area contributed by atoms with Gasteiger partial charge in [0.2, 0.25) is 0 Å². The molecule has 1 amide bonds. The first-order valence-corrected chi connectivity index (χ1v) is 9.93. The molecule has 1 saturated heterocycles. The van der Waals surface area contributed by atoms with Gasteiger partial charge >= 0.3 is 0 Å². The minimum absolute atomic E-state index is 0.0492. The second-order valence-electron chi connectivity index (χ2n) is 6.17. The Morgan fingerprint density at radius 1 is 1.25 bits per heavy atom. The number of rotatable bonds is 4. The monoisotopic (exact) mass is 347 g/mol. The van der Waals surface area contributed by atoms with Crippen LogP contribution in [-0.4, -0.2) is 47.8 Å². The fraction of sp³-hybridized carbons (Fsp3) is 0.412. The zero-order chi connectivity index (χ0) is 17.2. The molecule has 0 saturated carbocycles. The Hall–Kier alpha value is -2.15. The molecule has 1 aliphatic rings. The van der Waals surface area contributed by atoms with Gasteiger partial charge in [-0.15, -0.1) is 0 Å². The number of sulfone groups is 1. The number of piperidine rings is 1. The van der Waals surface area contributed by atoms with Gasteiger partial charge in [0.15, 0.2) is 9.84 Å². The van der Waals surface area contributed by atoms with Crippen molar-refractivity contribution in [2.75, 3.05) is 12.8 Å². The van der Waals surface area contributed by atoms with Gasteiger partial charge in [-0.3, -0.25) is 9.48 Å². The molecule has 1 aliphatic heterocycles. The fourth-order valence-corrected chi connectivity index (χ4v) is 3.72. The number of nitrogens with zero attached hydrogens (tertiary/aromatic N) is 3. The topological polar surface area (TPSA) is 72.3 Å². The first-order valence-electron chi connectivity index (χ1n) is 8.04. The minimum Gasteiger partial charge on any atom is -0.334 e. The van der Waals surface area contributed by atoms with Crippen molar-refractivity contribution in [3.63, 3.8) is 0 Å². The average molecular weight is 347 g/mol. The number of likely N-dealkylation sites (tertiary alicyclic amines) is 1. The zero-order valence-corrected chi connectivity index (χ0v) is 14.4. The van der Waals surface area contributed by atoms with Crippen LogP contribution in [0.2, 0.25) is 0 Å². The molecule has 1 aromatic heterocycles. The van der Waals surface area contributed by atoms with E-state index in [1.54, 1.807) is 18.3 Å². The molecule has 0 N–H and O–H groups in total. The summed E-state index contributed by atoms with van der Waals surface area (Å²) in [5.74, 6) is -0.0492. The largest absolute Gasteiger partial charge is 0.334 e. The molecule has 0 unspecified atom stereocenters. The summed E-state index contributed by atoms with van der Waals surface area (Å²) in [7, 11) is -3.25. The van der Waals surface area contributed by atoms with Gasteiger partial charge in [-0.25, -0.2) is 8.42 Å². The minimum atomic E-state index is -3.25. The maximum atomic E-state index is 12.8. The highest BCUT2D eigenvalue weighted by molar-refractivity contribution is 7.90. The van der Waals surface area contributed by atoms with Crippen molar-refractivity contribution in [2.45, 2.75) is 36.7 Å². The summed E-state index contributed by atoms with van der Waals surface area (Å²) in [6, 6.07) is 8.17. The highest BCUT2D eigenvalue weighted by Gasteiger charge is 2.28. The summed E-state index contributed by atoms with van der Waals surface area (Å²) in [4.78, 5) is 15.0. The van der Waals surface area contributed by atoms with Crippen LogP contribution < -0.4 is 0 Å². The zero-order valence-electron chi connectivity index (χ0n) is 13.6. The Balaban J connectivity index is 1.78. The number of hydrogen-bond acceptors (Lipinski definition) is 4. The first-order chi connectivity index (χ1) is 11.4. The van der Waals surface area contributed by atoms with Crippen molar-refractivity contribution in [1.29, 1.82) is 0 Å². The van der Waals surface area contributed by atoms with Crippen molar-refractivity contribution < 1.29 is 13.2 Å². The van der Waals surface area contributed by atoms with Crippen LogP contribution in [0.3, 0.4) is 0 Å². The lowest BCUT2D eigenvalue weighted by Gasteiger charge is -2.35. The molecule has 0 radical (unpaired) electrons. The Kier molecular flexibility index (Phi) is 4.71. The van der Waals surface area contributed by atoms with Crippen LogP contribution >= 0.6 is 0 Å². The summed E-state index contributed by atoms with van der Waals surface area (Å²) in [5.41, 5.74) is 0.523. The number of benzene rings is 1. The fourth-order valence-electron chi connectivity index (χ4n) is 3.09. The number of hydrogen-bond donors (Lipinski definition) is 0. The van der Waals surface area contributed by atoms with E-state index in [1.165, 1.54) is 12.1 Å². The Bertz CT molecular complexity index is 798. The van der Waals surface area contributed by atoms with E-state index in [4.69, 9.17) is 0 Å². The van der Waals surface area contributed by atoms with Crippen LogP contribution in [0.4, 0.5) is 0 Å². The lowest BCUT2D eigenvalue weighted by molar-refractivity contribution is 0.0584. The van der Waals surface area contributed by atoms with Crippen LogP contribution in [0.1, 0.15) is 29.6 Å². The van der Waals surface area contributed by atoms with Gasteiger partial charge in [0.1, 0.15) is 0 Å². The lowest BCUT2D eigenvalue weighted by Crippen LogP contribution is -2.45. The van der Waals surface area contributed by atoms with Gasteiger partial charge in [-0.2, -0.15) is 5.10 Å². The molecule has 2 aromatic rings.